The third kappa shape index (κ3) is 6.57. The summed E-state index contributed by atoms with van der Waals surface area (Å²) in [5.41, 5.74) is 0.796. The molecule has 1 rings (SSSR count). The van der Waals surface area contributed by atoms with Crippen molar-refractivity contribution in [2.24, 2.45) is 0 Å². The third-order valence-electron chi connectivity index (χ3n) is 2.70. The summed E-state index contributed by atoms with van der Waals surface area (Å²) in [6, 6.07) is 9.34. The topological polar surface area (TPSA) is 58.6 Å². The van der Waals surface area contributed by atoms with E-state index in [1.165, 1.54) is 7.11 Å². The SMILES string of the molecule is COC(=O)CCN(C)CCC(=O)Nc1ccccc1. The van der Waals surface area contributed by atoms with Crippen LogP contribution in [0.5, 0.6) is 0 Å². The van der Waals surface area contributed by atoms with Gasteiger partial charge in [-0.3, -0.25) is 9.59 Å². The van der Waals surface area contributed by atoms with Crippen LogP contribution in [-0.2, 0) is 14.3 Å². The van der Waals surface area contributed by atoms with Gasteiger partial charge in [-0.2, -0.15) is 0 Å². The summed E-state index contributed by atoms with van der Waals surface area (Å²) < 4.78 is 4.56. The highest BCUT2D eigenvalue weighted by molar-refractivity contribution is 5.90. The molecule has 0 saturated heterocycles. The van der Waals surface area contributed by atoms with Gasteiger partial charge in [0.25, 0.3) is 0 Å². The Morgan fingerprint density at radius 2 is 1.79 bits per heavy atom. The molecule has 0 bridgehead atoms. The molecule has 5 nitrogen and oxygen atoms in total. The van der Waals surface area contributed by atoms with Crippen LogP contribution in [0.4, 0.5) is 5.69 Å². The van der Waals surface area contributed by atoms with Crippen molar-refractivity contribution in [2.45, 2.75) is 12.8 Å². The van der Waals surface area contributed by atoms with Crippen molar-refractivity contribution in [3.05, 3.63) is 30.3 Å². The third-order valence-corrected chi connectivity index (χ3v) is 2.70. The van der Waals surface area contributed by atoms with Crippen LogP contribution in [0.25, 0.3) is 0 Å². The number of carbonyl (C=O) groups is 2. The minimum atomic E-state index is -0.236. The zero-order valence-corrected chi connectivity index (χ0v) is 11.4. The number of rotatable bonds is 7. The number of anilines is 1. The molecule has 0 heterocycles. The normalized spacial score (nSPS) is 10.3. The minimum absolute atomic E-state index is 0.0314. The molecule has 0 saturated carbocycles. The van der Waals surface area contributed by atoms with Crippen LogP contribution in [0.1, 0.15) is 12.8 Å². The lowest BCUT2D eigenvalue weighted by molar-refractivity contribution is -0.140. The number of esters is 1. The maximum absolute atomic E-state index is 11.7. The molecule has 19 heavy (non-hydrogen) atoms. The van der Waals surface area contributed by atoms with Gasteiger partial charge in [-0.1, -0.05) is 18.2 Å². The van der Waals surface area contributed by atoms with Crippen molar-refractivity contribution in [3.63, 3.8) is 0 Å². The van der Waals surface area contributed by atoms with E-state index in [2.05, 4.69) is 10.1 Å². The van der Waals surface area contributed by atoms with Crippen LogP contribution >= 0.6 is 0 Å². The van der Waals surface area contributed by atoms with Gasteiger partial charge in [0, 0.05) is 25.2 Å². The Morgan fingerprint density at radius 1 is 1.16 bits per heavy atom. The minimum Gasteiger partial charge on any atom is -0.469 e. The zero-order valence-electron chi connectivity index (χ0n) is 11.4. The number of nitrogens with zero attached hydrogens (tertiary/aromatic N) is 1. The van der Waals surface area contributed by atoms with E-state index < -0.39 is 0 Å². The number of nitrogens with one attached hydrogen (secondary N) is 1. The number of hydrogen-bond acceptors (Lipinski definition) is 4. The molecule has 1 amide bonds. The summed E-state index contributed by atoms with van der Waals surface area (Å²) in [6.07, 6.45) is 0.736. The molecule has 0 atom stereocenters. The average molecular weight is 264 g/mol. The van der Waals surface area contributed by atoms with Crippen LogP contribution in [0.3, 0.4) is 0 Å². The number of hydrogen-bond donors (Lipinski definition) is 1. The van der Waals surface area contributed by atoms with Gasteiger partial charge in [-0.15, -0.1) is 0 Å². The lowest BCUT2D eigenvalue weighted by Gasteiger charge is -2.15. The predicted octanol–water partition coefficient (Wildman–Crippen LogP) is 1.51. The summed E-state index contributed by atoms with van der Waals surface area (Å²) in [7, 11) is 3.24. The maximum atomic E-state index is 11.7. The Kier molecular flexibility index (Phi) is 6.60. The highest BCUT2D eigenvalue weighted by Gasteiger charge is 2.07. The standard InChI is InChI=1S/C14H20N2O3/c1-16(11-9-14(18)19-2)10-8-13(17)15-12-6-4-3-5-7-12/h3-7H,8-11H2,1-2H3,(H,15,17). The molecule has 0 unspecified atom stereocenters. The molecule has 1 aromatic rings. The van der Waals surface area contributed by atoms with E-state index in [9.17, 15) is 9.59 Å². The predicted molar refractivity (Wildman–Crippen MR) is 73.8 cm³/mol. The first-order valence-corrected chi connectivity index (χ1v) is 6.22. The van der Waals surface area contributed by atoms with Gasteiger partial charge in [0.2, 0.25) is 5.91 Å². The van der Waals surface area contributed by atoms with Gasteiger partial charge in [0.05, 0.1) is 13.5 Å². The molecule has 0 fully saturated rings. The van der Waals surface area contributed by atoms with E-state index in [4.69, 9.17) is 0 Å². The molecule has 104 valence electrons. The quantitative estimate of drug-likeness (QED) is 0.758. The summed E-state index contributed by atoms with van der Waals surface area (Å²) in [4.78, 5) is 24.6. The molecular formula is C14H20N2O3. The first kappa shape index (κ1) is 15.2. The van der Waals surface area contributed by atoms with E-state index in [-0.39, 0.29) is 11.9 Å². The first-order valence-electron chi connectivity index (χ1n) is 6.22. The van der Waals surface area contributed by atoms with Crippen LogP contribution < -0.4 is 5.32 Å². The summed E-state index contributed by atoms with van der Waals surface area (Å²) in [6.45, 7) is 1.20. The average Bonchev–Trinajstić information content (AvgIpc) is 2.43. The zero-order chi connectivity index (χ0) is 14.1. The van der Waals surface area contributed by atoms with Crippen molar-refractivity contribution >= 4 is 17.6 Å². The molecule has 0 aliphatic heterocycles. The largest absolute Gasteiger partial charge is 0.469 e. The summed E-state index contributed by atoms with van der Waals surface area (Å²) in [5, 5.41) is 2.82. The van der Waals surface area contributed by atoms with E-state index in [0.29, 0.717) is 25.9 Å². The number of ether oxygens (including phenoxy) is 1. The Labute approximate surface area is 113 Å². The molecule has 0 aromatic heterocycles. The van der Waals surface area contributed by atoms with Gasteiger partial charge < -0.3 is 15.0 Å². The summed E-state index contributed by atoms with van der Waals surface area (Å²) in [5.74, 6) is -0.267. The molecule has 0 aliphatic carbocycles. The highest BCUT2D eigenvalue weighted by Crippen LogP contribution is 2.05. The van der Waals surface area contributed by atoms with Crippen molar-refractivity contribution in [1.29, 1.82) is 0 Å². The van der Waals surface area contributed by atoms with Crippen LogP contribution in [0.15, 0.2) is 30.3 Å². The number of carbonyl (C=O) groups excluding carboxylic acids is 2. The van der Waals surface area contributed by atoms with Crippen LogP contribution in [0.2, 0.25) is 0 Å². The van der Waals surface area contributed by atoms with Gasteiger partial charge in [-0.05, 0) is 19.2 Å². The lowest BCUT2D eigenvalue weighted by Crippen LogP contribution is -2.26. The van der Waals surface area contributed by atoms with Gasteiger partial charge >= 0.3 is 5.97 Å². The molecule has 0 aliphatic rings. The second-order valence-electron chi connectivity index (χ2n) is 4.29. The van der Waals surface area contributed by atoms with Gasteiger partial charge in [0.15, 0.2) is 0 Å². The van der Waals surface area contributed by atoms with E-state index in [1.54, 1.807) is 0 Å². The maximum Gasteiger partial charge on any atom is 0.306 e. The van der Waals surface area contributed by atoms with Crippen molar-refractivity contribution in [3.8, 4) is 0 Å². The second kappa shape index (κ2) is 8.26. The monoisotopic (exact) mass is 264 g/mol. The van der Waals surface area contributed by atoms with Gasteiger partial charge in [0.1, 0.15) is 0 Å². The number of para-hydroxylation sites is 1. The van der Waals surface area contributed by atoms with Gasteiger partial charge in [-0.25, -0.2) is 0 Å². The fourth-order valence-corrected chi connectivity index (χ4v) is 1.53. The van der Waals surface area contributed by atoms with Crippen molar-refractivity contribution in [2.75, 3.05) is 32.6 Å². The fourth-order valence-electron chi connectivity index (χ4n) is 1.53. The number of benzene rings is 1. The Hall–Kier alpha value is -1.88. The van der Waals surface area contributed by atoms with E-state index in [1.807, 2.05) is 42.3 Å². The van der Waals surface area contributed by atoms with Crippen molar-refractivity contribution < 1.29 is 14.3 Å². The molecule has 0 spiro atoms. The fraction of sp³-hybridized carbons (Fsp3) is 0.429. The second-order valence-corrected chi connectivity index (χ2v) is 4.29. The highest BCUT2D eigenvalue weighted by atomic mass is 16.5. The smallest absolute Gasteiger partial charge is 0.306 e. The lowest BCUT2D eigenvalue weighted by atomic mass is 10.3. The van der Waals surface area contributed by atoms with E-state index >= 15 is 0 Å². The molecule has 5 heteroatoms. The number of amides is 1. The number of methoxy groups -OCH3 is 1. The Balaban J connectivity index is 2.21. The molecule has 0 radical (unpaired) electrons. The van der Waals surface area contributed by atoms with Crippen LogP contribution in [0, 0.1) is 0 Å². The Morgan fingerprint density at radius 3 is 2.42 bits per heavy atom. The molecule has 1 aromatic carbocycles. The van der Waals surface area contributed by atoms with Crippen LogP contribution in [-0.4, -0.2) is 44.0 Å². The molecular weight excluding hydrogens is 244 g/mol. The Bertz CT molecular complexity index is 406. The first-order chi connectivity index (χ1) is 9.11. The molecule has 1 N–H and O–H groups in total. The summed E-state index contributed by atoms with van der Waals surface area (Å²) >= 11 is 0. The van der Waals surface area contributed by atoms with E-state index in [0.717, 1.165) is 5.69 Å². The van der Waals surface area contributed by atoms with Crippen molar-refractivity contribution in [1.82, 2.24) is 4.90 Å².